The maximum Gasteiger partial charge on any atom is 0.224 e. The molecule has 2 aromatic carbocycles. The highest BCUT2D eigenvalue weighted by Crippen LogP contribution is 2.19. The van der Waals surface area contributed by atoms with E-state index in [2.05, 4.69) is 15.4 Å². The maximum absolute atomic E-state index is 13.7. The second-order valence-corrected chi connectivity index (χ2v) is 6.43. The van der Waals surface area contributed by atoms with Crippen molar-refractivity contribution in [1.29, 1.82) is 0 Å². The van der Waals surface area contributed by atoms with Crippen LogP contribution in [0.25, 0.3) is 10.9 Å². The average Bonchev–Trinajstić information content (AvgIpc) is 3.29. The zero-order chi connectivity index (χ0) is 18.6. The summed E-state index contributed by atoms with van der Waals surface area (Å²) in [4.78, 5) is 15.5. The summed E-state index contributed by atoms with van der Waals surface area (Å²) in [6.45, 7) is 0.317. The van der Waals surface area contributed by atoms with Crippen molar-refractivity contribution in [2.24, 2.45) is 0 Å². The lowest BCUT2D eigenvalue weighted by Crippen LogP contribution is -2.11. The first-order valence-corrected chi connectivity index (χ1v) is 8.80. The summed E-state index contributed by atoms with van der Waals surface area (Å²) in [5.74, 6) is -0.344. The van der Waals surface area contributed by atoms with Gasteiger partial charge >= 0.3 is 0 Å². The number of hydrogen-bond acceptors (Lipinski definition) is 2. The highest BCUT2D eigenvalue weighted by atomic mass is 19.1. The van der Waals surface area contributed by atoms with Crippen molar-refractivity contribution in [3.05, 3.63) is 84.1 Å². The molecule has 4 aromatic rings. The third-order valence-electron chi connectivity index (χ3n) is 4.50. The number of fused-ring (bicyclic) bond motifs is 1. The molecule has 0 aliphatic carbocycles. The number of nitrogens with zero attached hydrogens (tertiary/aromatic N) is 2. The minimum absolute atomic E-state index is 0.0780. The number of halogens is 1. The number of benzene rings is 2. The molecule has 0 bridgehead atoms. The van der Waals surface area contributed by atoms with Crippen LogP contribution in [0.5, 0.6) is 0 Å². The fourth-order valence-corrected chi connectivity index (χ4v) is 3.13. The predicted molar refractivity (Wildman–Crippen MR) is 103 cm³/mol. The maximum atomic E-state index is 13.7. The van der Waals surface area contributed by atoms with Gasteiger partial charge in [0.25, 0.3) is 0 Å². The van der Waals surface area contributed by atoms with E-state index >= 15 is 0 Å². The number of aryl methyl sites for hydroxylation is 1. The van der Waals surface area contributed by atoms with Crippen molar-refractivity contribution in [3.8, 4) is 0 Å². The molecule has 0 aliphatic rings. The number of amides is 1. The summed E-state index contributed by atoms with van der Waals surface area (Å²) in [6.07, 6.45) is 6.25. The number of H-pyrrole nitrogens is 1. The largest absolute Gasteiger partial charge is 0.361 e. The Morgan fingerprint density at radius 1 is 1.11 bits per heavy atom. The molecule has 0 atom stereocenters. The third kappa shape index (κ3) is 3.89. The molecule has 0 aliphatic heterocycles. The summed E-state index contributed by atoms with van der Waals surface area (Å²) in [5.41, 5.74) is 3.35. The van der Waals surface area contributed by atoms with Crippen molar-refractivity contribution in [3.63, 3.8) is 0 Å². The van der Waals surface area contributed by atoms with E-state index in [0.717, 1.165) is 16.5 Å². The number of anilines is 1. The van der Waals surface area contributed by atoms with Gasteiger partial charge in [0, 0.05) is 35.3 Å². The lowest BCUT2D eigenvalue weighted by Gasteiger charge is -2.04. The van der Waals surface area contributed by atoms with Crippen LogP contribution in [0.1, 0.15) is 17.5 Å². The van der Waals surface area contributed by atoms with Crippen LogP contribution < -0.4 is 5.32 Å². The van der Waals surface area contributed by atoms with E-state index in [9.17, 15) is 9.18 Å². The topological polar surface area (TPSA) is 62.7 Å². The SMILES string of the molecule is O=C(CCc1c[nH]c2ccccc12)Nc1cnn(Cc2ccccc2F)c1. The van der Waals surface area contributed by atoms with Crippen LogP contribution in [0.4, 0.5) is 10.1 Å². The highest BCUT2D eigenvalue weighted by molar-refractivity contribution is 5.91. The lowest BCUT2D eigenvalue weighted by molar-refractivity contribution is -0.116. The normalized spacial score (nSPS) is 11.0. The van der Waals surface area contributed by atoms with Crippen LogP contribution in [0.15, 0.2) is 67.1 Å². The van der Waals surface area contributed by atoms with E-state index in [1.165, 1.54) is 6.07 Å². The van der Waals surface area contributed by atoms with E-state index in [1.54, 1.807) is 35.3 Å². The standard InChI is InChI=1S/C21H19FN4O/c22-19-7-3-1-5-16(19)13-26-14-17(12-24-26)25-21(27)10-9-15-11-23-20-8-4-2-6-18(15)20/h1-8,11-12,14,23H,9-10,13H2,(H,25,27). The molecule has 0 saturated carbocycles. The van der Waals surface area contributed by atoms with E-state index in [0.29, 0.717) is 30.6 Å². The Morgan fingerprint density at radius 3 is 2.81 bits per heavy atom. The van der Waals surface area contributed by atoms with Crippen molar-refractivity contribution in [1.82, 2.24) is 14.8 Å². The third-order valence-corrected chi connectivity index (χ3v) is 4.50. The van der Waals surface area contributed by atoms with Gasteiger partial charge in [0.2, 0.25) is 5.91 Å². The minimum Gasteiger partial charge on any atom is -0.361 e. The number of para-hydroxylation sites is 1. The Morgan fingerprint density at radius 2 is 1.93 bits per heavy atom. The first-order valence-electron chi connectivity index (χ1n) is 8.80. The molecule has 0 spiro atoms. The number of aromatic amines is 1. The van der Waals surface area contributed by atoms with Gasteiger partial charge in [-0.15, -0.1) is 0 Å². The monoisotopic (exact) mass is 362 g/mol. The molecule has 2 heterocycles. The Hall–Kier alpha value is -3.41. The highest BCUT2D eigenvalue weighted by Gasteiger charge is 2.09. The Kier molecular flexibility index (Phi) is 4.70. The van der Waals surface area contributed by atoms with Gasteiger partial charge in [-0.3, -0.25) is 9.48 Å². The molecule has 27 heavy (non-hydrogen) atoms. The molecular weight excluding hydrogens is 343 g/mol. The summed E-state index contributed by atoms with van der Waals surface area (Å²) < 4.78 is 15.3. The molecule has 5 nitrogen and oxygen atoms in total. The van der Waals surface area contributed by atoms with Crippen molar-refractivity contribution in [2.45, 2.75) is 19.4 Å². The van der Waals surface area contributed by atoms with E-state index < -0.39 is 0 Å². The second kappa shape index (κ2) is 7.45. The Labute approximate surface area is 155 Å². The molecule has 136 valence electrons. The first kappa shape index (κ1) is 17.0. The van der Waals surface area contributed by atoms with Gasteiger partial charge in [0.05, 0.1) is 18.4 Å². The fraction of sp³-hybridized carbons (Fsp3) is 0.143. The summed E-state index contributed by atoms with van der Waals surface area (Å²) in [5, 5.41) is 8.18. The molecule has 2 aromatic heterocycles. The minimum atomic E-state index is -0.266. The van der Waals surface area contributed by atoms with Crippen LogP contribution in [-0.4, -0.2) is 20.7 Å². The van der Waals surface area contributed by atoms with Crippen LogP contribution in [-0.2, 0) is 17.8 Å². The van der Waals surface area contributed by atoms with Gasteiger partial charge < -0.3 is 10.3 Å². The van der Waals surface area contributed by atoms with Gasteiger partial charge in [-0.05, 0) is 24.1 Å². The smallest absolute Gasteiger partial charge is 0.224 e. The van der Waals surface area contributed by atoms with Crippen LogP contribution in [0.3, 0.4) is 0 Å². The predicted octanol–water partition coefficient (Wildman–Crippen LogP) is 4.12. The zero-order valence-electron chi connectivity index (χ0n) is 14.7. The average molecular weight is 362 g/mol. The van der Waals surface area contributed by atoms with E-state index in [1.807, 2.05) is 30.5 Å². The molecule has 0 unspecified atom stereocenters. The molecular formula is C21H19FN4O. The number of nitrogens with one attached hydrogen (secondary N) is 2. The quantitative estimate of drug-likeness (QED) is 0.542. The van der Waals surface area contributed by atoms with Crippen molar-refractivity contribution in [2.75, 3.05) is 5.32 Å². The molecule has 4 rings (SSSR count). The number of carbonyl (C=O) groups excluding carboxylic acids is 1. The second-order valence-electron chi connectivity index (χ2n) is 6.43. The number of carbonyl (C=O) groups is 1. The molecule has 2 N–H and O–H groups in total. The van der Waals surface area contributed by atoms with Crippen molar-refractivity contribution >= 4 is 22.5 Å². The summed E-state index contributed by atoms with van der Waals surface area (Å²) in [6, 6.07) is 14.6. The van der Waals surface area contributed by atoms with Crippen LogP contribution in [0, 0.1) is 5.82 Å². The van der Waals surface area contributed by atoms with E-state index in [4.69, 9.17) is 0 Å². The van der Waals surface area contributed by atoms with Crippen LogP contribution >= 0.6 is 0 Å². The Balaban J connectivity index is 1.35. The van der Waals surface area contributed by atoms with Gasteiger partial charge in [-0.1, -0.05) is 36.4 Å². The molecule has 1 amide bonds. The van der Waals surface area contributed by atoms with Gasteiger partial charge in [-0.25, -0.2) is 4.39 Å². The molecule has 0 saturated heterocycles. The van der Waals surface area contributed by atoms with Crippen molar-refractivity contribution < 1.29 is 9.18 Å². The Bertz CT molecular complexity index is 1080. The van der Waals surface area contributed by atoms with Crippen LogP contribution in [0.2, 0.25) is 0 Å². The fourth-order valence-electron chi connectivity index (χ4n) is 3.13. The summed E-state index contributed by atoms with van der Waals surface area (Å²) in [7, 11) is 0. The van der Waals surface area contributed by atoms with E-state index in [-0.39, 0.29) is 11.7 Å². The zero-order valence-corrected chi connectivity index (χ0v) is 14.7. The number of rotatable bonds is 6. The molecule has 0 radical (unpaired) electrons. The van der Waals surface area contributed by atoms with Gasteiger partial charge in [0.15, 0.2) is 0 Å². The molecule has 0 fully saturated rings. The van der Waals surface area contributed by atoms with Gasteiger partial charge in [-0.2, -0.15) is 5.10 Å². The first-order chi connectivity index (χ1) is 13.2. The number of hydrogen-bond donors (Lipinski definition) is 2. The number of aromatic nitrogens is 3. The summed E-state index contributed by atoms with van der Waals surface area (Å²) >= 11 is 0. The molecule has 6 heteroatoms. The van der Waals surface area contributed by atoms with Gasteiger partial charge in [0.1, 0.15) is 5.82 Å². The lowest BCUT2D eigenvalue weighted by atomic mass is 10.1.